The monoisotopic (exact) mass is 252 g/mol. The van der Waals surface area contributed by atoms with E-state index >= 15 is 0 Å². The molecule has 1 aromatic rings. The summed E-state index contributed by atoms with van der Waals surface area (Å²) in [5, 5.41) is 13.8. The number of anilines is 1. The second-order valence-electron chi connectivity index (χ2n) is 3.91. The van der Waals surface area contributed by atoms with Gasteiger partial charge in [0.05, 0.1) is 18.1 Å². The van der Waals surface area contributed by atoms with Crippen molar-refractivity contribution in [1.82, 2.24) is 15.3 Å². The number of hydrogen-bond donors (Lipinski definition) is 3. The van der Waals surface area contributed by atoms with Gasteiger partial charge in [-0.15, -0.1) is 0 Å². The van der Waals surface area contributed by atoms with E-state index in [0.29, 0.717) is 18.5 Å². The first-order chi connectivity index (χ1) is 8.58. The third-order valence-electron chi connectivity index (χ3n) is 2.22. The molecule has 0 saturated carbocycles. The number of amides is 2. The molecule has 0 spiro atoms. The summed E-state index contributed by atoms with van der Waals surface area (Å²) in [6.07, 6.45) is 5.61. The Morgan fingerprint density at radius 1 is 1.39 bits per heavy atom. The molecule has 0 fully saturated rings. The van der Waals surface area contributed by atoms with Gasteiger partial charge >= 0.3 is 12.0 Å². The summed E-state index contributed by atoms with van der Waals surface area (Å²) < 4.78 is 0. The van der Waals surface area contributed by atoms with E-state index in [1.165, 1.54) is 18.7 Å². The molecule has 0 aliphatic rings. The van der Waals surface area contributed by atoms with Gasteiger partial charge in [0.1, 0.15) is 6.33 Å². The first-order valence-electron chi connectivity index (χ1n) is 5.62. The molecule has 7 heteroatoms. The average molecular weight is 252 g/mol. The number of carbonyl (C=O) groups is 2. The van der Waals surface area contributed by atoms with Gasteiger partial charge in [0.15, 0.2) is 0 Å². The summed E-state index contributed by atoms with van der Waals surface area (Å²) in [4.78, 5) is 29.4. The van der Waals surface area contributed by atoms with Crippen LogP contribution in [-0.2, 0) is 4.79 Å². The maximum absolute atomic E-state index is 11.5. The predicted molar refractivity (Wildman–Crippen MR) is 65.1 cm³/mol. The van der Waals surface area contributed by atoms with Gasteiger partial charge in [-0.1, -0.05) is 0 Å². The zero-order chi connectivity index (χ0) is 13.4. The molecule has 0 radical (unpaired) electrons. The Bertz CT molecular complexity index is 397. The highest BCUT2D eigenvalue weighted by Crippen LogP contribution is 2.03. The van der Waals surface area contributed by atoms with Crippen molar-refractivity contribution in [2.24, 2.45) is 0 Å². The van der Waals surface area contributed by atoms with Gasteiger partial charge in [-0.25, -0.2) is 14.8 Å². The molecule has 0 bridgehead atoms. The number of carboxylic acid groups (broad SMARTS) is 1. The van der Waals surface area contributed by atoms with Crippen LogP contribution in [-0.4, -0.2) is 33.1 Å². The van der Waals surface area contributed by atoms with E-state index < -0.39 is 5.97 Å². The minimum atomic E-state index is -0.826. The number of carbonyl (C=O) groups excluding carboxylic acids is 1. The summed E-state index contributed by atoms with van der Waals surface area (Å²) in [6, 6.07) is -0.443. The van der Waals surface area contributed by atoms with Crippen LogP contribution >= 0.6 is 0 Å². The zero-order valence-electron chi connectivity index (χ0n) is 10.1. The van der Waals surface area contributed by atoms with Crippen molar-refractivity contribution in [3.8, 4) is 0 Å². The molecule has 1 heterocycles. The van der Waals surface area contributed by atoms with Crippen molar-refractivity contribution in [2.75, 3.05) is 5.32 Å². The minimum absolute atomic E-state index is 0.0889. The number of aliphatic carboxylic acids is 1. The molecule has 1 rings (SSSR count). The lowest BCUT2D eigenvalue weighted by Gasteiger charge is -2.13. The van der Waals surface area contributed by atoms with Gasteiger partial charge in [0.25, 0.3) is 0 Å². The molecule has 98 valence electrons. The summed E-state index contributed by atoms with van der Waals surface area (Å²) >= 11 is 0. The van der Waals surface area contributed by atoms with Gasteiger partial charge in [-0.3, -0.25) is 4.79 Å². The van der Waals surface area contributed by atoms with Crippen molar-refractivity contribution >= 4 is 17.7 Å². The molecule has 0 aliphatic carbocycles. The highest BCUT2D eigenvalue weighted by molar-refractivity contribution is 5.88. The maximum Gasteiger partial charge on any atom is 0.319 e. The molecule has 2 amide bonds. The Balaban J connectivity index is 2.25. The maximum atomic E-state index is 11.5. The largest absolute Gasteiger partial charge is 0.481 e. The molecule has 18 heavy (non-hydrogen) atoms. The smallest absolute Gasteiger partial charge is 0.319 e. The van der Waals surface area contributed by atoms with Gasteiger partial charge < -0.3 is 15.7 Å². The highest BCUT2D eigenvalue weighted by atomic mass is 16.4. The van der Waals surface area contributed by atoms with E-state index in [-0.39, 0.29) is 18.5 Å². The number of urea groups is 1. The Morgan fingerprint density at radius 3 is 2.67 bits per heavy atom. The van der Waals surface area contributed by atoms with Crippen molar-refractivity contribution in [3.05, 3.63) is 18.7 Å². The van der Waals surface area contributed by atoms with Crippen molar-refractivity contribution < 1.29 is 14.7 Å². The van der Waals surface area contributed by atoms with Crippen molar-refractivity contribution in [2.45, 2.75) is 32.2 Å². The number of nitrogens with zero attached hydrogens (tertiary/aromatic N) is 2. The van der Waals surface area contributed by atoms with Crippen LogP contribution in [0.1, 0.15) is 26.2 Å². The van der Waals surface area contributed by atoms with E-state index in [0.717, 1.165) is 0 Å². The van der Waals surface area contributed by atoms with Crippen LogP contribution in [0.4, 0.5) is 10.5 Å². The second-order valence-corrected chi connectivity index (χ2v) is 3.91. The molecule has 0 aliphatic heterocycles. The third-order valence-corrected chi connectivity index (χ3v) is 2.22. The van der Waals surface area contributed by atoms with Crippen LogP contribution in [0.2, 0.25) is 0 Å². The predicted octanol–water partition coefficient (Wildman–Crippen LogP) is 1.24. The Hall–Kier alpha value is -2.18. The second kappa shape index (κ2) is 7.21. The third kappa shape index (κ3) is 5.78. The fourth-order valence-electron chi connectivity index (χ4n) is 1.39. The topological polar surface area (TPSA) is 104 Å². The zero-order valence-corrected chi connectivity index (χ0v) is 10.1. The summed E-state index contributed by atoms with van der Waals surface area (Å²) in [5.74, 6) is -0.826. The van der Waals surface area contributed by atoms with E-state index in [2.05, 4.69) is 20.6 Å². The molecule has 3 N–H and O–H groups in total. The standard InChI is InChI=1S/C11H16N4O3/c1-8(3-2-4-10(16)17)14-11(18)15-9-5-12-7-13-6-9/h5-8H,2-4H2,1H3,(H,16,17)(H2,14,15,18). The van der Waals surface area contributed by atoms with Crippen LogP contribution in [0.3, 0.4) is 0 Å². The Kier molecular flexibility index (Phi) is 5.56. The van der Waals surface area contributed by atoms with Crippen LogP contribution in [0, 0.1) is 0 Å². The lowest BCUT2D eigenvalue weighted by molar-refractivity contribution is -0.137. The van der Waals surface area contributed by atoms with E-state index in [9.17, 15) is 9.59 Å². The SMILES string of the molecule is CC(CCCC(=O)O)NC(=O)Nc1cncnc1. The van der Waals surface area contributed by atoms with E-state index in [1.54, 1.807) is 0 Å². The molecule has 7 nitrogen and oxygen atoms in total. The number of nitrogens with one attached hydrogen (secondary N) is 2. The van der Waals surface area contributed by atoms with Crippen molar-refractivity contribution in [3.63, 3.8) is 0 Å². The number of rotatable bonds is 6. The number of aromatic nitrogens is 2. The molecule has 0 aromatic carbocycles. The van der Waals surface area contributed by atoms with Crippen molar-refractivity contribution in [1.29, 1.82) is 0 Å². The number of carboxylic acids is 1. The average Bonchev–Trinajstić information content (AvgIpc) is 2.29. The van der Waals surface area contributed by atoms with E-state index in [4.69, 9.17) is 5.11 Å². The lowest BCUT2D eigenvalue weighted by Crippen LogP contribution is -2.36. The normalized spacial score (nSPS) is 11.6. The molecule has 0 saturated heterocycles. The molecular weight excluding hydrogens is 236 g/mol. The van der Waals surface area contributed by atoms with Crippen LogP contribution in [0.15, 0.2) is 18.7 Å². The molecule has 1 atom stereocenters. The van der Waals surface area contributed by atoms with Gasteiger partial charge in [0.2, 0.25) is 0 Å². The van der Waals surface area contributed by atoms with Gasteiger partial charge in [-0.05, 0) is 19.8 Å². The van der Waals surface area contributed by atoms with Crippen LogP contribution < -0.4 is 10.6 Å². The Morgan fingerprint density at radius 2 is 2.06 bits per heavy atom. The summed E-state index contributed by atoms with van der Waals surface area (Å²) in [6.45, 7) is 1.82. The fourth-order valence-corrected chi connectivity index (χ4v) is 1.39. The van der Waals surface area contributed by atoms with Gasteiger partial charge in [-0.2, -0.15) is 0 Å². The Labute approximate surface area is 105 Å². The first kappa shape index (κ1) is 13.9. The van der Waals surface area contributed by atoms with Gasteiger partial charge in [0, 0.05) is 12.5 Å². The highest BCUT2D eigenvalue weighted by Gasteiger charge is 2.08. The number of hydrogen-bond acceptors (Lipinski definition) is 4. The fraction of sp³-hybridized carbons (Fsp3) is 0.455. The minimum Gasteiger partial charge on any atom is -0.481 e. The van der Waals surface area contributed by atoms with Crippen LogP contribution in [0.25, 0.3) is 0 Å². The molecule has 1 aromatic heterocycles. The molecule has 1 unspecified atom stereocenters. The lowest BCUT2D eigenvalue weighted by atomic mass is 10.1. The van der Waals surface area contributed by atoms with Crippen LogP contribution in [0.5, 0.6) is 0 Å². The molecular formula is C11H16N4O3. The quantitative estimate of drug-likeness (QED) is 0.706. The summed E-state index contributed by atoms with van der Waals surface area (Å²) in [7, 11) is 0. The van der Waals surface area contributed by atoms with E-state index in [1.807, 2.05) is 6.92 Å². The summed E-state index contributed by atoms with van der Waals surface area (Å²) in [5.41, 5.74) is 0.507. The first-order valence-corrected chi connectivity index (χ1v) is 5.62.